The summed E-state index contributed by atoms with van der Waals surface area (Å²) in [6, 6.07) is 8.09. The molecule has 0 aliphatic heterocycles. The lowest BCUT2D eigenvalue weighted by atomic mass is 10.1. The molecular weight excluding hydrogens is 311 g/mol. The maximum Gasteiger partial charge on any atom is 0.143 e. The Balaban J connectivity index is 2.50. The number of aryl methyl sites for hydroxylation is 1. The summed E-state index contributed by atoms with van der Waals surface area (Å²) in [5.74, 6) is 0.0703. The van der Waals surface area contributed by atoms with Crippen molar-refractivity contribution in [1.29, 1.82) is 0 Å². The SMILES string of the molecule is COc1cc(Cl)c(C)cc1Nc1cccc(F)c1C(N)=S. The van der Waals surface area contributed by atoms with Crippen molar-refractivity contribution >= 4 is 40.2 Å². The highest BCUT2D eigenvalue weighted by molar-refractivity contribution is 7.80. The van der Waals surface area contributed by atoms with E-state index >= 15 is 0 Å². The lowest BCUT2D eigenvalue weighted by Crippen LogP contribution is -2.14. The molecule has 0 saturated heterocycles. The third-order valence-electron chi connectivity index (χ3n) is 3.01. The Morgan fingerprint density at radius 3 is 2.67 bits per heavy atom. The molecule has 0 radical (unpaired) electrons. The van der Waals surface area contributed by atoms with Crippen LogP contribution < -0.4 is 15.8 Å². The van der Waals surface area contributed by atoms with Gasteiger partial charge >= 0.3 is 0 Å². The minimum atomic E-state index is -0.475. The van der Waals surface area contributed by atoms with Crippen molar-refractivity contribution < 1.29 is 9.13 Å². The van der Waals surface area contributed by atoms with Crippen LogP contribution in [-0.4, -0.2) is 12.1 Å². The number of hydrogen-bond acceptors (Lipinski definition) is 3. The van der Waals surface area contributed by atoms with Gasteiger partial charge in [-0.2, -0.15) is 0 Å². The van der Waals surface area contributed by atoms with Crippen LogP contribution in [0.4, 0.5) is 15.8 Å². The summed E-state index contributed by atoms with van der Waals surface area (Å²) in [4.78, 5) is -0.0137. The van der Waals surface area contributed by atoms with Crippen LogP contribution in [0.2, 0.25) is 5.02 Å². The average molecular weight is 325 g/mol. The maximum atomic E-state index is 13.9. The van der Waals surface area contributed by atoms with Crippen LogP contribution in [0.3, 0.4) is 0 Å². The van der Waals surface area contributed by atoms with E-state index in [1.165, 1.54) is 13.2 Å². The first-order valence-electron chi connectivity index (χ1n) is 6.13. The van der Waals surface area contributed by atoms with E-state index in [1.807, 2.05) is 13.0 Å². The molecule has 0 aliphatic carbocycles. The molecule has 0 aromatic heterocycles. The normalized spacial score (nSPS) is 10.3. The van der Waals surface area contributed by atoms with Gasteiger partial charge in [0.2, 0.25) is 0 Å². The van der Waals surface area contributed by atoms with Crippen molar-refractivity contribution in [3.8, 4) is 5.75 Å². The quantitative estimate of drug-likeness (QED) is 0.828. The van der Waals surface area contributed by atoms with Gasteiger partial charge < -0.3 is 15.8 Å². The number of thiocarbonyl (C=S) groups is 1. The van der Waals surface area contributed by atoms with E-state index in [4.69, 9.17) is 34.3 Å². The summed E-state index contributed by atoms with van der Waals surface area (Å²) in [6.45, 7) is 1.87. The number of halogens is 2. The Hall–Kier alpha value is -1.85. The number of benzene rings is 2. The highest BCUT2D eigenvalue weighted by Gasteiger charge is 2.14. The molecule has 0 spiro atoms. The van der Waals surface area contributed by atoms with Crippen LogP contribution >= 0.6 is 23.8 Å². The Bertz CT molecular complexity index is 706. The van der Waals surface area contributed by atoms with Gasteiger partial charge in [0.1, 0.15) is 16.6 Å². The van der Waals surface area contributed by atoms with Gasteiger partial charge in [0.15, 0.2) is 0 Å². The third-order valence-corrected chi connectivity index (χ3v) is 3.62. The van der Waals surface area contributed by atoms with E-state index in [1.54, 1.807) is 18.2 Å². The van der Waals surface area contributed by atoms with Crippen molar-refractivity contribution in [2.45, 2.75) is 6.92 Å². The number of anilines is 2. The third kappa shape index (κ3) is 3.25. The van der Waals surface area contributed by atoms with E-state index in [0.29, 0.717) is 22.1 Å². The smallest absolute Gasteiger partial charge is 0.143 e. The van der Waals surface area contributed by atoms with E-state index in [0.717, 1.165) is 5.56 Å². The molecule has 2 rings (SSSR count). The first-order chi connectivity index (χ1) is 9.93. The number of nitrogens with one attached hydrogen (secondary N) is 1. The van der Waals surface area contributed by atoms with Crippen molar-refractivity contribution in [3.05, 3.63) is 52.3 Å². The second kappa shape index (κ2) is 6.28. The van der Waals surface area contributed by atoms with Gasteiger partial charge in [-0.25, -0.2) is 4.39 Å². The highest BCUT2D eigenvalue weighted by atomic mass is 35.5. The van der Waals surface area contributed by atoms with Crippen LogP contribution in [0, 0.1) is 12.7 Å². The minimum Gasteiger partial charge on any atom is -0.495 e. The lowest BCUT2D eigenvalue weighted by Gasteiger charge is -2.16. The van der Waals surface area contributed by atoms with E-state index in [2.05, 4.69) is 5.32 Å². The summed E-state index contributed by atoms with van der Waals surface area (Å²) in [5.41, 5.74) is 7.76. The standard InChI is InChI=1S/C15H14ClFN2OS/c1-8-6-12(13(20-2)7-9(8)16)19-11-5-3-4-10(17)14(11)15(18)21/h3-7,19H,1-2H3,(H2,18,21). The van der Waals surface area contributed by atoms with E-state index in [-0.39, 0.29) is 10.6 Å². The van der Waals surface area contributed by atoms with Crippen molar-refractivity contribution in [3.63, 3.8) is 0 Å². The molecule has 3 nitrogen and oxygen atoms in total. The monoisotopic (exact) mass is 324 g/mol. The number of hydrogen-bond donors (Lipinski definition) is 2. The topological polar surface area (TPSA) is 47.3 Å². The molecule has 0 fully saturated rings. The molecule has 110 valence electrons. The Morgan fingerprint density at radius 2 is 2.05 bits per heavy atom. The van der Waals surface area contributed by atoms with Crippen LogP contribution in [0.25, 0.3) is 0 Å². The number of rotatable bonds is 4. The van der Waals surface area contributed by atoms with Gasteiger partial charge in [-0.1, -0.05) is 29.9 Å². The van der Waals surface area contributed by atoms with Gasteiger partial charge in [-0.05, 0) is 30.7 Å². The van der Waals surface area contributed by atoms with Crippen molar-refractivity contribution in [1.82, 2.24) is 0 Å². The first kappa shape index (κ1) is 15.5. The van der Waals surface area contributed by atoms with Crippen LogP contribution in [0.15, 0.2) is 30.3 Å². The molecule has 0 atom stereocenters. The second-order valence-electron chi connectivity index (χ2n) is 4.45. The Kier molecular flexibility index (Phi) is 4.65. The molecule has 0 saturated carbocycles. The van der Waals surface area contributed by atoms with Crippen LogP contribution in [0.1, 0.15) is 11.1 Å². The number of nitrogens with two attached hydrogens (primary N) is 1. The summed E-state index contributed by atoms with van der Waals surface area (Å²) in [5, 5.41) is 3.68. The predicted molar refractivity (Wildman–Crippen MR) is 88.3 cm³/mol. The van der Waals surface area contributed by atoms with Crippen molar-refractivity contribution in [2.75, 3.05) is 12.4 Å². The van der Waals surface area contributed by atoms with Gasteiger partial charge in [0.05, 0.1) is 24.0 Å². The van der Waals surface area contributed by atoms with Crippen LogP contribution in [-0.2, 0) is 0 Å². The summed E-state index contributed by atoms with van der Waals surface area (Å²) in [7, 11) is 1.53. The number of ether oxygens (including phenoxy) is 1. The average Bonchev–Trinajstić information content (AvgIpc) is 2.42. The minimum absolute atomic E-state index is 0.0137. The summed E-state index contributed by atoms with van der Waals surface area (Å²) < 4.78 is 19.1. The molecule has 0 aliphatic rings. The molecular formula is C15H14ClFN2OS. The zero-order valence-electron chi connectivity index (χ0n) is 11.5. The maximum absolute atomic E-state index is 13.9. The van der Waals surface area contributed by atoms with Gasteiger partial charge in [0, 0.05) is 11.1 Å². The van der Waals surface area contributed by atoms with Gasteiger partial charge in [0.25, 0.3) is 0 Å². The molecule has 0 amide bonds. The molecule has 21 heavy (non-hydrogen) atoms. The molecule has 0 bridgehead atoms. The van der Waals surface area contributed by atoms with E-state index in [9.17, 15) is 4.39 Å². The lowest BCUT2D eigenvalue weighted by molar-refractivity contribution is 0.417. The first-order valence-corrected chi connectivity index (χ1v) is 6.92. The van der Waals surface area contributed by atoms with Gasteiger partial charge in [-0.15, -0.1) is 0 Å². The summed E-state index contributed by atoms with van der Waals surface area (Å²) in [6.07, 6.45) is 0. The molecule has 2 aromatic carbocycles. The largest absolute Gasteiger partial charge is 0.495 e. The zero-order chi connectivity index (χ0) is 15.6. The fraction of sp³-hybridized carbons (Fsp3) is 0.133. The zero-order valence-corrected chi connectivity index (χ0v) is 13.1. The molecule has 3 N–H and O–H groups in total. The molecule has 6 heteroatoms. The van der Waals surface area contributed by atoms with Gasteiger partial charge in [-0.3, -0.25) is 0 Å². The van der Waals surface area contributed by atoms with Crippen LogP contribution in [0.5, 0.6) is 5.75 Å². The highest BCUT2D eigenvalue weighted by Crippen LogP contribution is 2.34. The summed E-state index contributed by atoms with van der Waals surface area (Å²) >= 11 is 11.0. The number of methoxy groups -OCH3 is 1. The van der Waals surface area contributed by atoms with Crippen molar-refractivity contribution in [2.24, 2.45) is 5.73 Å². The molecule has 0 heterocycles. The fourth-order valence-corrected chi connectivity index (χ4v) is 2.31. The Labute approximate surface area is 132 Å². The molecule has 0 unspecified atom stereocenters. The fourth-order valence-electron chi connectivity index (χ4n) is 1.95. The molecule has 2 aromatic rings. The Morgan fingerprint density at radius 1 is 1.33 bits per heavy atom. The second-order valence-corrected chi connectivity index (χ2v) is 5.30. The van der Waals surface area contributed by atoms with E-state index < -0.39 is 5.82 Å². The predicted octanol–water partition coefficient (Wildman–Crippen LogP) is 4.17.